The van der Waals surface area contributed by atoms with Crippen LogP contribution in [0.15, 0.2) is 24.3 Å². The first-order valence-electron chi connectivity index (χ1n) is 9.95. The molecule has 0 aromatic heterocycles. The van der Waals surface area contributed by atoms with E-state index < -0.39 is 23.8 Å². The van der Waals surface area contributed by atoms with Gasteiger partial charge >= 0.3 is 0 Å². The number of benzene rings is 1. The van der Waals surface area contributed by atoms with Crippen molar-refractivity contribution in [3.05, 3.63) is 41.0 Å². The second-order valence-corrected chi connectivity index (χ2v) is 8.97. The van der Waals surface area contributed by atoms with E-state index in [-0.39, 0.29) is 24.2 Å². The molecule has 7 heteroatoms. The van der Waals surface area contributed by atoms with Gasteiger partial charge in [-0.3, -0.25) is 29.4 Å². The van der Waals surface area contributed by atoms with Gasteiger partial charge in [-0.15, -0.1) is 0 Å². The van der Waals surface area contributed by atoms with Crippen molar-refractivity contribution in [3.8, 4) is 0 Å². The van der Waals surface area contributed by atoms with Gasteiger partial charge in [-0.2, -0.15) is 0 Å². The lowest BCUT2D eigenvalue weighted by atomic mass is 9.80. The summed E-state index contributed by atoms with van der Waals surface area (Å²) in [6.07, 6.45) is 3.22. The number of carbonyl (C=O) groups is 4. The predicted molar refractivity (Wildman–Crippen MR) is 107 cm³/mol. The van der Waals surface area contributed by atoms with Crippen LogP contribution in [0, 0.1) is 5.41 Å². The molecule has 1 aromatic rings. The third kappa shape index (κ3) is 3.40. The van der Waals surface area contributed by atoms with Crippen LogP contribution < -0.4 is 10.6 Å². The number of piperidine rings is 1. The van der Waals surface area contributed by atoms with Gasteiger partial charge in [0.15, 0.2) is 0 Å². The van der Waals surface area contributed by atoms with E-state index in [4.69, 9.17) is 0 Å². The summed E-state index contributed by atoms with van der Waals surface area (Å²) in [7, 11) is 0. The normalized spacial score (nSPS) is 25.1. The first kappa shape index (κ1) is 19.5. The summed E-state index contributed by atoms with van der Waals surface area (Å²) in [5, 5.41) is 5.72. The van der Waals surface area contributed by atoms with Crippen LogP contribution in [0.25, 0.3) is 5.57 Å². The highest BCUT2D eigenvalue weighted by Crippen LogP contribution is 2.34. The van der Waals surface area contributed by atoms with E-state index in [1.807, 2.05) is 6.07 Å². The maximum Gasteiger partial charge on any atom is 0.262 e. The summed E-state index contributed by atoms with van der Waals surface area (Å²) in [5.41, 5.74) is 2.80. The van der Waals surface area contributed by atoms with Crippen LogP contribution in [0.2, 0.25) is 0 Å². The molecule has 0 saturated carbocycles. The molecule has 3 aliphatic heterocycles. The highest BCUT2D eigenvalue weighted by molar-refractivity contribution is 6.23. The van der Waals surface area contributed by atoms with E-state index in [2.05, 4.69) is 37.5 Å². The van der Waals surface area contributed by atoms with E-state index in [9.17, 15) is 19.2 Å². The van der Waals surface area contributed by atoms with Gasteiger partial charge in [0, 0.05) is 19.0 Å². The van der Waals surface area contributed by atoms with Gasteiger partial charge in [-0.05, 0) is 41.5 Å². The highest BCUT2D eigenvalue weighted by Gasteiger charge is 2.44. The number of hydrogen-bond acceptors (Lipinski definition) is 5. The zero-order valence-corrected chi connectivity index (χ0v) is 16.9. The molecule has 4 rings (SSSR count). The fourth-order valence-corrected chi connectivity index (χ4v) is 4.22. The molecule has 1 saturated heterocycles. The summed E-state index contributed by atoms with van der Waals surface area (Å²) >= 11 is 0. The first-order valence-corrected chi connectivity index (χ1v) is 9.95. The van der Waals surface area contributed by atoms with E-state index in [0.29, 0.717) is 17.2 Å². The highest BCUT2D eigenvalue weighted by atomic mass is 16.2. The summed E-state index contributed by atoms with van der Waals surface area (Å²) in [6, 6.07) is 4.68. The van der Waals surface area contributed by atoms with E-state index in [0.717, 1.165) is 29.0 Å². The molecule has 2 N–H and O–H groups in total. The fraction of sp³-hybridized carbons (Fsp3) is 0.455. The number of nitrogens with one attached hydrogen (secondary N) is 2. The zero-order chi connectivity index (χ0) is 20.9. The van der Waals surface area contributed by atoms with Gasteiger partial charge in [-0.1, -0.05) is 32.9 Å². The Morgan fingerprint density at radius 1 is 1.03 bits per heavy atom. The number of nitrogens with zero attached hydrogens (tertiary/aromatic N) is 1. The van der Waals surface area contributed by atoms with Gasteiger partial charge in [0.05, 0.1) is 11.1 Å². The third-order valence-electron chi connectivity index (χ3n) is 5.99. The molecule has 3 aliphatic rings. The van der Waals surface area contributed by atoms with Gasteiger partial charge < -0.3 is 5.32 Å². The van der Waals surface area contributed by atoms with E-state index >= 15 is 0 Å². The SMILES string of the molecule is CC(C)(C)C1CC(c2ccc3c(c2)C(=O)N(C2CCC(=O)NC2=O)C3=O)=CCN1. The molecule has 1 aromatic carbocycles. The van der Waals surface area contributed by atoms with Crippen molar-refractivity contribution in [2.45, 2.75) is 52.1 Å². The Bertz CT molecular complexity index is 957. The molecule has 7 nitrogen and oxygen atoms in total. The molecule has 0 bridgehead atoms. The molecular formula is C22H25N3O4. The smallest absolute Gasteiger partial charge is 0.262 e. The fourth-order valence-electron chi connectivity index (χ4n) is 4.22. The zero-order valence-electron chi connectivity index (χ0n) is 16.9. The van der Waals surface area contributed by atoms with Crippen molar-refractivity contribution in [1.29, 1.82) is 0 Å². The second kappa shape index (κ2) is 6.91. The van der Waals surface area contributed by atoms with Crippen LogP contribution in [-0.4, -0.2) is 47.2 Å². The molecule has 0 spiro atoms. The first-order chi connectivity index (χ1) is 13.7. The summed E-state index contributed by atoms with van der Waals surface area (Å²) < 4.78 is 0. The third-order valence-corrected chi connectivity index (χ3v) is 5.99. The summed E-state index contributed by atoms with van der Waals surface area (Å²) in [5.74, 6) is -1.91. The molecule has 29 heavy (non-hydrogen) atoms. The number of hydrogen-bond donors (Lipinski definition) is 2. The molecule has 4 amide bonds. The van der Waals surface area contributed by atoms with E-state index in [1.165, 1.54) is 0 Å². The predicted octanol–water partition coefficient (Wildman–Crippen LogP) is 1.88. The number of fused-ring (bicyclic) bond motifs is 1. The van der Waals surface area contributed by atoms with Gasteiger partial charge in [0.25, 0.3) is 11.8 Å². The van der Waals surface area contributed by atoms with Crippen LogP contribution in [0.5, 0.6) is 0 Å². The van der Waals surface area contributed by atoms with Crippen molar-refractivity contribution in [2.75, 3.05) is 6.54 Å². The number of rotatable bonds is 2. The molecule has 3 heterocycles. The molecule has 1 fully saturated rings. The quantitative estimate of drug-likeness (QED) is 0.746. The van der Waals surface area contributed by atoms with Crippen LogP contribution in [0.4, 0.5) is 0 Å². The molecule has 2 atom stereocenters. The standard InChI is InChI=1S/C22H25N3O4/c1-22(2,3)17-11-13(8-9-23-17)12-4-5-14-15(10-12)21(29)25(20(14)28)16-6-7-18(26)24-19(16)27/h4-5,8,10,16-17,23H,6-7,9,11H2,1-3H3,(H,24,26,27). The Balaban J connectivity index is 1.62. The number of carbonyl (C=O) groups excluding carboxylic acids is 4. The Labute approximate surface area is 169 Å². The maximum absolute atomic E-state index is 13.0. The molecule has 0 radical (unpaired) electrons. The molecular weight excluding hydrogens is 370 g/mol. The molecule has 0 aliphatic carbocycles. The number of amides is 4. The van der Waals surface area contributed by atoms with Crippen molar-refractivity contribution < 1.29 is 19.2 Å². The number of imide groups is 2. The lowest BCUT2D eigenvalue weighted by molar-refractivity contribution is -0.136. The Hall–Kier alpha value is -2.80. The van der Waals surface area contributed by atoms with Crippen LogP contribution in [-0.2, 0) is 9.59 Å². The van der Waals surface area contributed by atoms with Crippen molar-refractivity contribution >= 4 is 29.2 Å². The summed E-state index contributed by atoms with van der Waals surface area (Å²) in [6.45, 7) is 7.33. The van der Waals surface area contributed by atoms with Gasteiger partial charge in [-0.25, -0.2) is 0 Å². The Morgan fingerprint density at radius 2 is 1.76 bits per heavy atom. The Kier molecular flexibility index (Phi) is 4.65. The second-order valence-electron chi connectivity index (χ2n) is 8.97. The Morgan fingerprint density at radius 3 is 2.45 bits per heavy atom. The van der Waals surface area contributed by atoms with Crippen LogP contribution in [0.1, 0.15) is 66.3 Å². The summed E-state index contributed by atoms with van der Waals surface area (Å²) in [4.78, 5) is 50.4. The van der Waals surface area contributed by atoms with Gasteiger partial charge in [0.1, 0.15) is 6.04 Å². The lowest BCUT2D eigenvalue weighted by Gasteiger charge is -2.35. The van der Waals surface area contributed by atoms with Crippen LogP contribution >= 0.6 is 0 Å². The largest absolute Gasteiger partial charge is 0.310 e. The average Bonchev–Trinajstić information content (AvgIpc) is 2.92. The minimum absolute atomic E-state index is 0.102. The van der Waals surface area contributed by atoms with Crippen molar-refractivity contribution in [3.63, 3.8) is 0 Å². The molecule has 152 valence electrons. The van der Waals surface area contributed by atoms with Crippen LogP contribution in [0.3, 0.4) is 0 Å². The van der Waals surface area contributed by atoms with Crippen molar-refractivity contribution in [2.24, 2.45) is 5.41 Å². The minimum Gasteiger partial charge on any atom is -0.310 e. The lowest BCUT2D eigenvalue weighted by Crippen LogP contribution is -2.54. The maximum atomic E-state index is 13.0. The average molecular weight is 395 g/mol. The molecule has 2 unspecified atom stereocenters. The van der Waals surface area contributed by atoms with E-state index in [1.54, 1.807) is 12.1 Å². The van der Waals surface area contributed by atoms with Crippen molar-refractivity contribution in [1.82, 2.24) is 15.5 Å². The monoisotopic (exact) mass is 395 g/mol. The topological polar surface area (TPSA) is 95.6 Å². The minimum atomic E-state index is -0.938. The van der Waals surface area contributed by atoms with Gasteiger partial charge in [0.2, 0.25) is 11.8 Å².